The summed E-state index contributed by atoms with van der Waals surface area (Å²) in [6, 6.07) is 0. The molecule has 0 heterocycles. The van der Waals surface area contributed by atoms with Gasteiger partial charge in [0.25, 0.3) is 0 Å². The van der Waals surface area contributed by atoms with Crippen molar-refractivity contribution in [3.8, 4) is 0 Å². The lowest BCUT2D eigenvalue weighted by molar-refractivity contribution is -0.116. The smallest absolute Gasteiger partial charge is 0.155 e. The van der Waals surface area contributed by atoms with E-state index in [1.54, 1.807) is 6.42 Å². The molecule has 1 spiro atoms. The van der Waals surface area contributed by atoms with E-state index in [0.717, 1.165) is 35.5 Å². The number of carbonyl (C=O) groups is 1. The minimum absolute atomic E-state index is 0.402. The van der Waals surface area contributed by atoms with Gasteiger partial charge >= 0.3 is 0 Å². The van der Waals surface area contributed by atoms with Crippen molar-refractivity contribution in [1.29, 1.82) is 0 Å². The minimum Gasteiger partial charge on any atom is -0.295 e. The van der Waals surface area contributed by atoms with Crippen LogP contribution in [0, 0.1) is 34.5 Å². The second-order valence-corrected chi connectivity index (χ2v) is 8.72. The predicted octanol–water partition coefficient (Wildman–Crippen LogP) is 4.52. The van der Waals surface area contributed by atoms with Crippen LogP contribution in [0.1, 0.15) is 64.7 Å². The summed E-state index contributed by atoms with van der Waals surface area (Å²) in [5.74, 6) is 4.20. The highest BCUT2D eigenvalue weighted by Gasteiger charge is 2.73. The molecule has 0 saturated heterocycles. The van der Waals surface area contributed by atoms with Crippen molar-refractivity contribution in [3.05, 3.63) is 11.6 Å². The van der Waals surface area contributed by atoms with Crippen molar-refractivity contribution in [3.63, 3.8) is 0 Å². The van der Waals surface area contributed by atoms with Crippen LogP contribution in [0.3, 0.4) is 0 Å². The zero-order valence-electron chi connectivity index (χ0n) is 12.7. The van der Waals surface area contributed by atoms with Crippen molar-refractivity contribution >= 4 is 5.78 Å². The molecule has 0 bridgehead atoms. The number of fused-ring (bicyclic) bond motifs is 3. The maximum Gasteiger partial charge on any atom is 0.155 e. The molecule has 6 atom stereocenters. The van der Waals surface area contributed by atoms with Crippen LogP contribution in [-0.4, -0.2) is 5.78 Å². The van der Waals surface area contributed by atoms with E-state index in [1.165, 1.54) is 50.5 Å². The fraction of sp³-hybridized carbons (Fsp3) is 0.842. The van der Waals surface area contributed by atoms with Gasteiger partial charge in [-0.3, -0.25) is 4.79 Å². The summed E-state index contributed by atoms with van der Waals surface area (Å²) in [6.45, 7) is 2.62. The standard InChI is InChI=1S/C19H26O/c1-18-8-6-13-11-19(13,18)17-5-2-12-10-14(20)3-4-15(12)16(17)7-9-18/h10,13,15-17H,2-9,11H2,1H3/t13?,15-,16+,17+,18-,19?/m0/s1. The van der Waals surface area contributed by atoms with Crippen LogP contribution in [-0.2, 0) is 4.79 Å². The Bertz CT molecular complexity index is 518. The second kappa shape index (κ2) is 3.59. The van der Waals surface area contributed by atoms with Crippen LogP contribution in [0.15, 0.2) is 11.6 Å². The van der Waals surface area contributed by atoms with Gasteiger partial charge in [-0.2, -0.15) is 0 Å². The summed E-state index contributed by atoms with van der Waals surface area (Å²) in [5.41, 5.74) is 2.98. The van der Waals surface area contributed by atoms with Gasteiger partial charge < -0.3 is 0 Å². The first-order chi connectivity index (χ1) is 9.64. The topological polar surface area (TPSA) is 17.1 Å². The lowest BCUT2D eigenvalue weighted by Crippen LogP contribution is -2.47. The van der Waals surface area contributed by atoms with Gasteiger partial charge in [-0.05, 0) is 91.9 Å². The Morgan fingerprint density at radius 3 is 2.80 bits per heavy atom. The van der Waals surface area contributed by atoms with Gasteiger partial charge in [0.15, 0.2) is 5.78 Å². The van der Waals surface area contributed by atoms with E-state index in [9.17, 15) is 4.79 Å². The average molecular weight is 270 g/mol. The van der Waals surface area contributed by atoms with E-state index in [-0.39, 0.29) is 0 Å². The van der Waals surface area contributed by atoms with Gasteiger partial charge in [0.2, 0.25) is 0 Å². The van der Waals surface area contributed by atoms with Gasteiger partial charge in [-0.1, -0.05) is 12.5 Å². The Kier molecular flexibility index (Phi) is 2.16. The zero-order chi connectivity index (χ0) is 13.5. The van der Waals surface area contributed by atoms with Crippen molar-refractivity contribution in [2.24, 2.45) is 34.5 Å². The summed E-state index contributed by atoms with van der Waals surface area (Å²) in [4.78, 5) is 11.7. The van der Waals surface area contributed by atoms with E-state index in [1.807, 2.05) is 6.08 Å². The van der Waals surface area contributed by atoms with Gasteiger partial charge in [-0.15, -0.1) is 0 Å². The first-order valence-corrected chi connectivity index (χ1v) is 8.87. The second-order valence-electron chi connectivity index (χ2n) is 8.72. The number of hydrogen-bond donors (Lipinski definition) is 0. The average Bonchev–Trinajstić information content (AvgIpc) is 3.10. The first-order valence-electron chi connectivity index (χ1n) is 8.87. The lowest BCUT2D eigenvalue weighted by Gasteiger charge is -2.54. The summed E-state index contributed by atoms with van der Waals surface area (Å²) in [6.07, 6.45) is 14.2. The third kappa shape index (κ3) is 1.24. The molecule has 0 aliphatic heterocycles. The molecule has 5 rings (SSSR count). The van der Waals surface area contributed by atoms with E-state index < -0.39 is 0 Å². The predicted molar refractivity (Wildman–Crippen MR) is 79.1 cm³/mol. The molecule has 0 aromatic rings. The molecule has 0 N–H and O–H groups in total. The zero-order valence-corrected chi connectivity index (χ0v) is 12.7. The molecule has 4 saturated carbocycles. The molecule has 5 aliphatic rings. The van der Waals surface area contributed by atoms with E-state index >= 15 is 0 Å². The van der Waals surface area contributed by atoms with Gasteiger partial charge in [-0.25, -0.2) is 0 Å². The van der Waals surface area contributed by atoms with E-state index in [0.29, 0.717) is 11.2 Å². The molecule has 0 aromatic carbocycles. The number of ketones is 1. The normalized spacial score (nSPS) is 56.2. The molecule has 0 amide bonds. The minimum atomic E-state index is 0.402. The number of carbonyl (C=O) groups excluding carboxylic acids is 1. The Morgan fingerprint density at radius 1 is 1.10 bits per heavy atom. The Balaban J connectivity index is 1.52. The highest BCUT2D eigenvalue weighted by molar-refractivity contribution is 5.91. The number of hydrogen-bond acceptors (Lipinski definition) is 1. The molecule has 0 radical (unpaired) electrons. The van der Waals surface area contributed by atoms with Gasteiger partial charge in [0, 0.05) is 6.42 Å². The van der Waals surface area contributed by atoms with Crippen LogP contribution in [0.5, 0.6) is 0 Å². The van der Waals surface area contributed by atoms with Gasteiger partial charge in [0.05, 0.1) is 0 Å². The van der Waals surface area contributed by atoms with Crippen LogP contribution in [0.25, 0.3) is 0 Å². The van der Waals surface area contributed by atoms with Crippen molar-refractivity contribution in [1.82, 2.24) is 0 Å². The fourth-order valence-electron chi connectivity index (χ4n) is 7.39. The largest absolute Gasteiger partial charge is 0.295 e. The molecular formula is C19H26O. The Morgan fingerprint density at radius 2 is 1.95 bits per heavy atom. The Labute approximate surface area is 122 Å². The van der Waals surface area contributed by atoms with E-state index in [2.05, 4.69) is 6.92 Å². The van der Waals surface area contributed by atoms with Crippen LogP contribution in [0.2, 0.25) is 0 Å². The van der Waals surface area contributed by atoms with Crippen molar-refractivity contribution < 1.29 is 4.79 Å². The maximum absolute atomic E-state index is 11.7. The molecule has 0 aromatic heterocycles. The Hall–Kier alpha value is -0.590. The lowest BCUT2D eigenvalue weighted by atomic mass is 9.50. The van der Waals surface area contributed by atoms with Crippen LogP contribution in [0.4, 0.5) is 0 Å². The molecule has 108 valence electrons. The summed E-state index contributed by atoms with van der Waals surface area (Å²) >= 11 is 0. The monoisotopic (exact) mass is 270 g/mol. The third-order valence-corrected chi connectivity index (χ3v) is 8.31. The van der Waals surface area contributed by atoms with Crippen LogP contribution >= 0.6 is 0 Å². The highest BCUT2D eigenvalue weighted by atomic mass is 16.1. The summed E-state index contributed by atoms with van der Waals surface area (Å²) in [7, 11) is 0. The maximum atomic E-state index is 11.7. The van der Waals surface area contributed by atoms with Crippen molar-refractivity contribution in [2.75, 3.05) is 0 Å². The molecule has 5 aliphatic carbocycles. The summed E-state index contributed by atoms with van der Waals surface area (Å²) in [5, 5.41) is 0. The van der Waals surface area contributed by atoms with Crippen LogP contribution < -0.4 is 0 Å². The van der Waals surface area contributed by atoms with Crippen molar-refractivity contribution in [2.45, 2.75) is 64.7 Å². The highest BCUT2D eigenvalue weighted by Crippen LogP contribution is 2.81. The quantitative estimate of drug-likeness (QED) is 0.632. The first kappa shape index (κ1) is 12.0. The molecule has 20 heavy (non-hydrogen) atoms. The molecular weight excluding hydrogens is 244 g/mol. The van der Waals surface area contributed by atoms with E-state index in [4.69, 9.17) is 0 Å². The molecule has 4 fully saturated rings. The molecule has 1 heteroatoms. The SMILES string of the molecule is C[C@@]12CCC3CC31[C@@H]1CCC3=CC(=O)CC[C@@H]3[C@H]1CC2. The fourth-order valence-corrected chi connectivity index (χ4v) is 7.39. The molecule has 1 nitrogen and oxygen atoms in total. The number of rotatable bonds is 0. The van der Waals surface area contributed by atoms with Gasteiger partial charge in [0.1, 0.15) is 0 Å². The number of allylic oxidation sites excluding steroid dienone is 1. The summed E-state index contributed by atoms with van der Waals surface area (Å²) < 4.78 is 0. The third-order valence-electron chi connectivity index (χ3n) is 8.31. The molecule has 2 unspecified atom stereocenters.